The van der Waals surface area contributed by atoms with E-state index in [0.29, 0.717) is 17.4 Å². The minimum absolute atomic E-state index is 0.129. The molecule has 0 aromatic carbocycles. The fourth-order valence-electron chi connectivity index (χ4n) is 3.26. The summed E-state index contributed by atoms with van der Waals surface area (Å²) < 4.78 is 11.3. The number of nitrogens with one attached hydrogen (secondary N) is 1. The Labute approximate surface area is 91.5 Å². The van der Waals surface area contributed by atoms with Crippen LogP contribution in [0.3, 0.4) is 0 Å². The Morgan fingerprint density at radius 3 is 2.33 bits per heavy atom. The summed E-state index contributed by atoms with van der Waals surface area (Å²) in [5.41, 5.74) is 0.310. The van der Waals surface area contributed by atoms with Crippen molar-refractivity contribution in [2.24, 2.45) is 11.3 Å². The molecule has 2 heterocycles. The van der Waals surface area contributed by atoms with Crippen LogP contribution < -0.4 is 5.32 Å². The van der Waals surface area contributed by atoms with Crippen LogP contribution in [0.4, 0.5) is 0 Å². The molecule has 1 atom stereocenters. The molecule has 1 saturated carbocycles. The molecule has 3 nitrogen and oxygen atoms in total. The van der Waals surface area contributed by atoms with Gasteiger partial charge in [-0.2, -0.15) is 0 Å². The lowest BCUT2D eigenvalue weighted by Crippen LogP contribution is -2.74. The van der Waals surface area contributed by atoms with Gasteiger partial charge >= 0.3 is 0 Å². The van der Waals surface area contributed by atoms with E-state index in [9.17, 15) is 0 Å². The van der Waals surface area contributed by atoms with Crippen molar-refractivity contribution in [3.63, 3.8) is 0 Å². The van der Waals surface area contributed by atoms with Gasteiger partial charge in [0, 0.05) is 11.5 Å². The minimum Gasteiger partial charge on any atom is -0.372 e. The zero-order chi connectivity index (χ0) is 10.5. The van der Waals surface area contributed by atoms with Gasteiger partial charge in [0.2, 0.25) is 0 Å². The second-order valence-corrected chi connectivity index (χ2v) is 5.86. The molecule has 0 radical (unpaired) electrons. The topological polar surface area (TPSA) is 30.5 Å². The van der Waals surface area contributed by atoms with E-state index in [-0.39, 0.29) is 5.72 Å². The van der Waals surface area contributed by atoms with E-state index in [1.807, 2.05) is 0 Å². The van der Waals surface area contributed by atoms with Crippen LogP contribution in [0.1, 0.15) is 33.1 Å². The van der Waals surface area contributed by atoms with Gasteiger partial charge in [0.25, 0.3) is 0 Å². The maximum Gasteiger partial charge on any atom is 0.166 e. The molecule has 3 heteroatoms. The highest BCUT2D eigenvalue weighted by Crippen LogP contribution is 2.50. The van der Waals surface area contributed by atoms with Gasteiger partial charge in [-0.15, -0.1) is 0 Å². The lowest BCUT2D eigenvalue weighted by atomic mass is 9.61. The van der Waals surface area contributed by atoms with Gasteiger partial charge < -0.3 is 9.47 Å². The highest BCUT2D eigenvalue weighted by atomic mass is 16.6. The molecular formula is C12H21NO2. The molecule has 2 saturated heterocycles. The highest BCUT2D eigenvalue weighted by molar-refractivity contribution is 5.06. The molecule has 3 fully saturated rings. The summed E-state index contributed by atoms with van der Waals surface area (Å²) in [4.78, 5) is 0. The van der Waals surface area contributed by atoms with Crippen LogP contribution >= 0.6 is 0 Å². The highest BCUT2D eigenvalue weighted by Gasteiger charge is 2.55. The number of rotatable bonds is 1. The van der Waals surface area contributed by atoms with Crippen LogP contribution in [0.5, 0.6) is 0 Å². The largest absolute Gasteiger partial charge is 0.372 e. The van der Waals surface area contributed by atoms with Gasteiger partial charge in [0.1, 0.15) is 0 Å². The number of hydrogen-bond donors (Lipinski definition) is 1. The SMILES string of the molecule is CC(C)C1NC2(COC2)OCC12CCC2. The molecule has 3 aliphatic rings. The van der Waals surface area contributed by atoms with Gasteiger partial charge in [-0.3, -0.25) is 5.32 Å². The summed E-state index contributed by atoms with van der Waals surface area (Å²) >= 11 is 0. The first-order valence-electron chi connectivity index (χ1n) is 6.15. The summed E-state index contributed by atoms with van der Waals surface area (Å²) in [5.74, 6) is 0.687. The Hall–Kier alpha value is -0.120. The summed E-state index contributed by atoms with van der Waals surface area (Å²) in [6.07, 6.45) is 4.04. The standard InChI is InChI=1S/C12H21NO2/c1-9(2)10-11(4-3-5-11)6-15-12(13-10)7-14-8-12/h9-10,13H,3-8H2,1-2H3. The van der Waals surface area contributed by atoms with E-state index in [0.717, 1.165) is 19.8 Å². The van der Waals surface area contributed by atoms with E-state index < -0.39 is 0 Å². The van der Waals surface area contributed by atoms with E-state index >= 15 is 0 Å². The van der Waals surface area contributed by atoms with Gasteiger partial charge in [0.05, 0.1) is 19.8 Å². The maximum absolute atomic E-state index is 6.00. The van der Waals surface area contributed by atoms with Gasteiger partial charge in [-0.1, -0.05) is 20.3 Å². The Morgan fingerprint density at radius 2 is 1.93 bits per heavy atom. The molecule has 86 valence electrons. The van der Waals surface area contributed by atoms with Crippen molar-refractivity contribution in [2.45, 2.75) is 44.9 Å². The number of ether oxygens (including phenoxy) is 2. The molecule has 1 aliphatic carbocycles. The third kappa shape index (κ3) is 1.37. The zero-order valence-corrected chi connectivity index (χ0v) is 9.71. The fraction of sp³-hybridized carbons (Fsp3) is 1.00. The zero-order valence-electron chi connectivity index (χ0n) is 9.71. The fourth-order valence-corrected chi connectivity index (χ4v) is 3.26. The molecule has 0 amide bonds. The van der Waals surface area contributed by atoms with Crippen LogP contribution in [0.25, 0.3) is 0 Å². The van der Waals surface area contributed by atoms with E-state index in [4.69, 9.17) is 9.47 Å². The first-order valence-corrected chi connectivity index (χ1v) is 6.15. The predicted molar refractivity (Wildman–Crippen MR) is 57.5 cm³/mol. The molecule has 15 heavy (non-hydrogen) atoms. The maximum atomic E-state index is 6.00. The van der Waals surface area contributed by atoms with E-state index in [1.54, 1.807) is 0 Å². The van der Waals surface area contributed by atoms with Gasteiger partial charge in [-0.05, 0) is 18.8 Å². The minimum atomic E-state index is -0.129. The van der Waals surface area contributed by atoms with Crippen molar-refractivity contribution in [3.8, 4) is 0 Å². The van der Waals surface area contributed by atoms with Crippen LogP contribution in [-0.4, -0.2) is 31.6 Å². The third-order valence-electron chi connectivity index (χ3n) is 4.40. The molecule has 1 unspecified atom stereocenters. The Balaban J connectivity index is 1.78. The Bertz CT molecular complexity index is 256. The lowest BCUT2D eigenvalue weighted by Gasteiger charge is -2.59. The van der Waals surface area contributed by atoms with Gasteiger partial charge in [0.15, 0.2) is 5.72 Å². The summed E-state index contributed by atoms with van der Waals surface area (Å²) in [5, 5.41) is 3.71. The van der Waals surface area contributed by atoms with Crippen molar-refractivity contribution in [3.05, 3.63) is 0 Å². The second-order valence-electron chi connectivity index (χ2n) is 5.86. The van der Waals surface area contributed by atoms with Crippen LogP contribution in [0.15, 0.2) is 0 Å². The molecule has 1 N–H and O–H groups in total. The quantitative estimate of drug-likeness (QED) is 0.713. The molecular weight excluding hydrogens is 190 g/mol. The summed E-state index contributed by atoms with van der Waals surface area (Å²) in [7, 11) is 0. The van der Waals surface area contributed by atoms with Crippen LogP contribution in [0.2, 0.25) is 0 Å². The normalized spacial score (nSPS) is 36.6. The third-order valence-corrected chi connectivity index (χ3v) is 4.40. The van der Waals surface area contributed by atoms with Crippen LogP contribution in [0, 0.1) is 11.3 Å². The molecule has 2 spiro atoms. The monoisotopic (exact) mass is 211 g/mol. The lowest BCUT2D eigenvalue weighted by molar-refractivity contribution is -0.284. The smallest absolute Gasteiger partial charge is 0.166 e. The molecule has 2 aliphatic heterocycles. The summed E-state index contributed by atoms with van der Waals surface area (Å²) in [6, 6.07) is 0.615. The molecule has 0 aromatic heterocycles. The summed E-state index contributed by atoms with van der Waals surface area (Å²) in [6.45, 7) is 7.03. The Morgan fingerprint density at radius 1 is 1.20 bits per heavy atom. The van der Waals surface area contributed by atoms with Gasteiger partial charge in [-0.25, -0.2) is 0 Å². The van der Waals surface area contributed by atoms with E-state index in [2.05, 4.69) is 19.2 Å². The Kier molecular flexibility index (Phi) is 2.14. The van der Waals surface area contributed by atoms with Crippen molar-refractivity contribution >= 4 is 0 Å². The van der Waals surface area contributed by atoms with Crippen LogP contribution in [-0.2, 0) is 9.47 Å². The van der Waals surface area contributed by atoms with E-state index in [1.165, 1.54) is 19.3 Å². The van der Waals surface area contributed by atoms with Crippen molar-refractivity contribution in [2.75, 3.05) is 19.8 Å². The average Bonchev–Trinajstić information content (AvgIpc) is 2.11. The number of hydrogen-bond acceptors (Lipinski definition) is 3. The first-order chi connectivity index (χ1) is 7.16. The molecule has 0 aromatic rings. The second kappa shape index (κ2) is 3.19. The predicted octanol–water partition coefficient (Wildman–Crippen LogP) is 1.53. The van der Waals surface area contributed by atoms with Crippen molar-refractivity contribution in [1.82, 2.24) is 5.32 Å². The van der Waals surface area contributed by atoms with Crippen molar-refractivity contribution in [1.29, 1.82) is 0 Å². The first kappa shape index (κ1) is 10.1. The molecule has 0 bridgehead atoms. The average molecular weight is 211 g/mol. The molecule has 3 rings (SSSR count). The van der Waals surface area contributed by atoms with Crippen molar-refractivity contribution < 1.29 is 9.47 Å².